The molecule has 0 bridgehead atoms. The van der Waals surface area contributed by atoms with Gasteiger partial charge in [-0.15, -0.1) is 0 Å². The number of hydrogen-bond acceptors (Lipinski definition) is 18. The van der Waals surface area contributed by atoms with Gasteiger partial charge in [-0.2, -0.15) is 36.2 Å². The Morgan fingerprint density at radius 3 is 1.11 bits per heavy atom. The number of methoxy groups -OCH3 is 9. The van der Waals surface area contributed by atoms with Gasteiger partial charge in [0.1, 0.15) is 5.82 Å². The van der Waals surface area contributed by atoms with E-state index in [0.29, 0.717) is 128 Å². The number of thioether (sulfide) groups is 2. The van der Waals surface area contributed by atoms with Crippen LogP contribution in [0.25, 0.3) is 0 Å². The van der Waals surface area contributed by atoms with E-state index >= 15 is 0 Å². The first-order chi connectivity index (χ1) is 54.2. The standard InChI is InChI=1S/C29H39ClN2O4S.C29H39FN2O4S.C16H23NO4S.C15H22O/c2*1-34-25-15-21(16-26(35-2)27(25)36-3)29(33)32-13-11-19(12-14-32)18-37-28(20-7-5-4-6-8-20)23-17-22(30)9-10-24(23)31;1-19-13-8-12(9-14(20-2)15(13)21-3)16(18)17-6-4-11(10-22)5-7-17;1-11-8-9-12(2)14(10-11)15(16)13-6-4-3-5-7-13/h2*9-10,15-17,19-20,28H,4-8,11-14,18,31H2,1-3H3;8-9,11,22H,4-7,10H2,1-3H3;8-10,13,15-16H,3-7H2,1-2H3. The number of carbonyl (C=O) groups excluding carboxylic acids is 3. The zero-order valence-corrected chi connectivity index (χ0v) is 71.2. The van der Waals surface area contributed by atoms with Gasteiger partial charge in [-0.1, -0.05) is 93.2 Å². The highest BCUT2D eigenvalue weighted by atomic mass is 35.5. The molecular formula is C89H123ClFN5O13S3. The molecule has 0 spiro atoms. The zero-order chi connectivity index (χ0) is 80.4. The van der Waals surface area contributed by atoms with Crippen molar-refractivity contribution in [1.82, 2.24) is 14.7 Å². The number of amides is 3. The lowest BCUT2D eigenvalue weighted by Gasteiger charge is -2.35. The number of carbonyl (C=O) groups is 3. The molecule has 3 heterocycles. The third-order valence-electron chi connectivity index (χ3n) is 23.4. The van der Waals surface area contributed by atoms with Crippen molar-refractivity contribution < 1.29 is 66.5 Å². The van der Waals surface area contributed by atoms with Gasteiger partial charge in [0.2, 0.25) is 17.2 Å². The lowest BCUT2D eigenvalue weighted by molar-refractivity contribution is 0.0690. The van der Waals surface area contributed by atoms with Crippen LogP contribution in [0, 0.1) is 55.2 Å². The zero-order valence-electron chi connectivity index (χ0n) is 67.9. The summed E-state index contributed by atoms with van der Waals surface area (Å²) in [6.45, 7) is 8.62. The van der Waals surface area contributed by atoms with Crippen molar-refractivity contribution in [2.45, 2.75) is 165 Å². The highest BCUT2D eigenvalue weighted by Crippen LogP contribution is 2.50. The molecular weight excluding hydrogens is 1500 g/mol. The molecule has 3 atom stereocenters. The Hall–Kier alpha value is -7.24. The van der Waals surface area contributed by atoms with Crippen molar-refractivity contribution in [3.05, 3.63) is 146 Å². The fourth-order valence-corrected chi connectivity index (χ4v) is 20.8. The number of likely N-dealkylation sites (tertiary alicyclic amines) is 3. The first-order valence-corrected chi connectivity index (χ1v) is 43.3. The second-order valence-corrected chi connectivity index (χ2v) is 33.8. The number of rotatable bonds is 25. The van der Waals surface area contributed by atoms with Crippen LogP contribution in [0.15, 0.2) is 91.0 Å². The number of nitrogens with two attached hydrogens (primary N) is 2. The molecule has 3 unspecified atom stereocenters. The maximum atomic E-state index is 14.1. The van der Waals surface area contributed by atoms with E-state index in [2.05, 4.69) is 50.7 Å². The highest BCUT2D eigenvalue weighted by molar-refractivity contribution is 7.99. The van der Waals surface area contributed by atoms with Crippen LogP contribution in [0.2, 0.25) is 5.02 Å². The van der Waals surface area contributed by atoms with E-state index in [9.17, 15) is 23.9 Å². The quantitative estimate of drug-likeness (QED) is 0.0310. The summed E-state index contributed by atoms with van der Waals surface area (Å²) in [6, 6.07) is 27.4. The van der Waals surface area contributed by atoms with Gasteiger partial charge < -0.3 is 73.9 Å². The Morgan fingerprint density at radius 2 is 0.768 bits per heavy atom. The molecule has 112 heavy (non-hydrogen) atoms. The Balaban J connectivity index is 0.000000180. The van der Waals surface area contributed by atoms with Gasteiger partial charge in [-0.05, 0) is 239 Å². The average molecular weight is 1620 g/mol. The molecule has 5 N–H and O–H groups in total. The van der Waals surface area contributed by atoms with Crippen LogP contribution >= 0.6 is 47.8 Å². The highest BCUT2D eigenvalue weighted by Gasteiger charge is 2.35. The van der Waals surface area contributed by atoms with Gasteiger partial charge in [0, 0.05) is 82.9 Å². The van der Waals surface area contributed by atoms with Gasteiger partial charge in [-0.3, -0.25) is 14.4 Å². The average Bonchev–Trinajstić information content (AvgIpc) is 0.910. The molecule has 6 aliphatic rings. The van der Waals surface area contributed by atoms with E-state index in [4.69, 9.17) is 65.7 Å². The predicted molar refractivity (Wildman–Crippen MR) is 456 cm³/mol. The number of aliphatic hydroxyl groups is 1. The monoisotopic (exact) mass is 1620 g/mol. The smallest absolute Gasteiger partial charge is 0.254 e. The minimum absolute atomic E-state index is 0.00265. The topological polar surface area (TPSA) is 216 Å². The third kappa shape index (κ3) is 23.7. The largest absolute Gasteiger partial charge is 0.493 e. The van der Waals surface area contributed by atoms with Crippen molar-refractivity contribution in [2.75, 3.05) is 132 Å². The number of halogens is 2. The van der Waals surface area contributed by atoms with Crippen molar-refractivity contribution >= 4 is 76.8 Å². The van der Waals surface area contributed by atoms with E-state index in [1.807, 2.05) is 50.4 Å². The normalized spacial score (nSPS) is 17.7. The summed E-state index contributed by atoms with van der Waals surface area (Å²) in [4.78, 5) is 45.0. The molecule has 6 aromatic rings. The van der Waals surface area contributed by atoms with E-state index in [1.54, 1.807) is 113 Å². The molecule has 18 nitrogen and oxygen atoms in total. The number of aliphatic hydroxyl groups excluding tert-OH is 1. The first kappa shape index (κ1) is 88.7. The van der Waals surface area contributed by atoms with E-state index < -0.39 is 0 Å². The lowest BCUT2D eigenvalue weighted by Crippen LogP contribution is -2.39. The molecule has 23 heteroatoms. The molecule has 6 fully saturated rings. The number of thiol groups is 1. The van der Waals surface area contributed by atoms with Gasteiger partial charge in [0.15, 0.2) is 34.5 Å². The molecule has 3 saturated heterocycles. The van der Waals surface area contributed by atoms with Crippen LogP contribution in [-0.2, 0) is 0 Å². The summed E-state index contributed by atoms with van der Waals surface area (Å²) >= 11 is 14.7. The van der Waals surface area contributed by atoms with Crippen LogP contribution in [0.3, 0.4) is 0 Å². The molecule has 0 radical (unpaired) electrons. The summed E-state index contributed by atoms with van der Waals surface area (Å²) in [6.07, 6.45) is 24.4. The van der Waals surface area contributed by atoms with Crippen molar-refractivity contribution in [3.8, 4) is 51.7 Å². The lowest BCUT2D eigenvalue weighted by atomic mass is 9.81. The van der Waals surface area contributed by atoms with Crippen LogP contribution < -0.4 is 54.1 Å². The summed E-state index contributed by atoms with van der Waals surface area (Å²) in [5.74, 6) is 10.4. The van der Waals surface area contributed by atoms with Crippen LogP contribution in [0.1, 0.15) is 210 Å². The Morgan fingerprint density at radius 1 is 0.438 bits per heavy atom. The molecule has 3 aliphatic carbocycles. The van der Waals surface area contributed by atoms with Gasteiger partial charge in [0.05, 0.1) is 70.1 Å². The number of nitrogen functional groups attached to an aromatic ring is 2. The number of nitrogens with zero attached hydrogens (tertiary/aromatic N) is 3. The van der Waals surface area contributed by atoms with E-state index in [1.165, 1.54) is 119 Å². The van der Waals surface area contributed by atoms with Crippen LogP contribution in [0.5, 0.6) is 51.7 Å². The van der Waals surface area contributed by atoms with Gasteiger partial charge in [-0.25, -0.2) is 4.39 Å². The first-order valence-electron chi connectivity index (χ1n) is 40.2. The summed E-state index contributed by atoms with van der Waals surface area (Å²) < 4.78 is 62.5. The maximum absolute atomic E-state index is 14.1. The molecule has 3 aliphatic heterocycles. The summed E-state index contributed by atoms with van der Waals surface area (Å²) in [5.41, 5.74) is 21.7. The van der Waals surface area contributed by atoms with Gasteiger partial charge in [0.25, 0.3) is 17.7 Å². The van der Waals surface area contributed by atoms with E-state index in [0.717, 1.165) is 104 Å². The number of anilines is 2. The minimum Gasteiger partial charge on any atom is -0.493 e. The molecule has 0 aromatic heterocycles. The Labute approximate surface area is 684 Å². The van der Waals surface area contributed by atoms with Crippen LogP contribution in [-0.4, -0.2) is 158 Å². The molecule has 6 aromatic carbocycles. The third-order valence-corrected chi connectivity index (χ3v) is 27.5. The molecule has 3 saturated carbocycles. The fourth-order valence-electron chi connectivity index (χ4n) is 16.8. The Bertz CT molecular complexity index is 3740. The van der Waals surface area contributed by atoms with Crippen molar-refractivity contribution in [1.29, 1.82) is 0 Å². The predicted octanol–water partition coefficient (Wildman–Crippen LogP) is 19.6. The minimum atomic E-state index is -0.250. The van der Waals surface area contributed by atoms with Crippen molar-refractivity contribution in [3.63, 3.8) is 0 Å². The van der Waals surface area contributed by atoms with Crippen LogP contribution in [0.4, 0.5) is 15.8 Å². The SMILES string of the molecule is COc1cc(C(=O)N2CCC(CS)CC2)cc(OC)c1OC.COc1cc(C(=O)N2CCC(CSC(c3cc(Cl)ccc3N)C3CCCCC3)CC2)cc(OC)c1OC.COc1cc(C(=O)N2CCC(CSC(c3cc(F)ccc3N)C3CCCCC3)CC2)cc(OC)c1OC.Cc1ccc(C)c(C(O)C2CCCCC2)c1. The number of hydrogen-bond donors (Lipinski definition) is 4. The molecule has 614 valence electrons. The number of piperidine rings is 3. The maximum Gasteiger partial charge on any atom is 0.254 e. The number of ether oxygens (including phenoxy) is 9. The van der Waals surface area contributed by atoms with Crippen molar-refractivity contribution in [2.24, 2.45) is 35.5 Å². The fraction of sp³-hybridized carbons (Fsp3) is 0.562. The molecule has 12 rings (SSSR count). The number of aryl methyl sites for hydroxylation is 2. The summed E-state index contributed by atoms with van der Waals surface area (Å²) in [7, 11) is 14.0. The number of benzene rings is 6. The van der Waals surface area contributed by atoms with Gasteiger partial charge >= 0.3 is 0 Å². The second-order valence-electron chi connectivity index (χ2n) is 30.7. The Kier molecular flexibility index (Phi) is 35.3. The summed E-state index contributed by atoms with van der Waals surface area (Å²) in [5, 5.41) is 11.8. The molecule has 3 amide bonds. The van der Waals surface area contributed by atoms with E-state index in [-0.39, 0.29) is 34.9 Å². The second kappa shape index (κ2) is 44.6.